The quantitative estimate of drug-likeness (QED) is 0.905. The van der Waals surface area contributed by atoms with Crippen molar-refractivity contribution < 1.29 is 9.53 Å². The lowest BCUT2D eigenvalue weighted by Crippen LogP contribution is -2.52. The minimum atomic E-state index is -0.512. The number of rotatable bonds is 4. The number of pyridine rings is 1. The summed E-state index contributed by atoms with van der Waals surface area (Å²) in [5.74, 6) is 1.25. The number of halogens is 2. The Labute approximate surface area is 144 Å². The van der Waals surface area contributed by atoms with Gasteiger partial charge in [0, 0.05) is 25.3 Å². The minimum Gasteiger partial charge on any atom is -0.479 e. The maximum Gasteiger partial charge on any atom is 0.263 e. The molecule has 3 atom stereocenters. The summed E-state index contributed by atoms with van der Waals surface area (Å²) in [6.07, 6.45) is 4.78. The van der Waals surface area contributed by atoms with E-state index in [-0.39, 0.29) is 36.8 Å². The predicted octanol–water partition coefficient (Wildman–Crippen LogP) is 2.28. The Balaban J connectivity index is 0.00000220. The van der Waals surface area contributed by atoms with Crippen molar-refractivity contribution in [1.82, 2.24) is 9.88 Å². The second kappa shape index (κ2) is 9.87. The fourth-order valence-electron chi connectivity index (χ4n) is 2.67. The molecule has 22 heavy (non-hydrogen) atoms. The Morgan fingerprint density at radius 3 is 2.86 bits per heavy atom. The summed E-state index contributed by atoms with van der Waals surface area (Å²) >= 11 is 0. The van der Waals surface area contributed by atoms with Gasteiger partial charge < -0.3 is 15.4 Å². The lowest BCUT2D eigenvalue weighted by Gasteiger charge is -2.39. The summed E-state index contributed by atoms with van der Waals surface area (Å²) in [5, 5.41) is 0. The zero-order valence-electron chi connectivity index (χ0n) is 13.0. The van der Waals surface area contributed by atoms with Crippen molar-refractivity contribution in [1.29, 1.82) is 0 Å². The van der Waals surface area contributed by atoms with Crippen LogP contribution < -0.4 is 10.5 Å². The first kappa shape index (κ1) is 21.0. The highest BCUT2D eigenvalue weighted by atomic mass is 35.5. The van der Waals surface area contributed by atoms with Gasteiger partial charge in [-0.2, -0.15) is 0 Å². The number of carbonyl (C=O) groups excluding carboxylic acids is 1. The normalized spacial score (nSPS) is 22.0. The number of nitrogens with two attached hydrogens (primary N) is 1. The number of nitrogens with zero attached hydrogens (tertiary/aromatic N) is 2. The fourth-order valence-corrected chi connectivity index (χ4v) is 2.67. The summed E-state index contributed by atoms with van der Waals surface area (Å²) in [6, 6.07) is 3.72. The van der Waals surface area contributed by atoms with Crippen LogP contribution in [0.4, 0.5) is 0 Å². The molecule has 1 amide bonds. The van der Waals surface area contributed by atoms with Crippen molar-refractivity contribution in [2.24, 2.45) is 11.7 Å². The van der Waals surface area contributed by atoms with E-state index in [9.17, 15) is 4.79 Å². The second-order valence-corrected chi connectivity index (χ2v) is 5.50. The zero-order valence-corrected chi connectivity index (χ0v) is 14.6. The van der Waals surface area contributed by atoms with Crippen LogP contribution in [0.2, 0.25) is 0 Å². The van der Waals surface area contributed by atoms with Crippen LogP contribution in [0.1, 0.15) is 26.7 Å². The van der Waals surface area contributed by atoms with Gasteiger partial charge in [-0.1, -0.05) is 6.92 Å². The van der Waals surface area contributed by atoms with Gasteiger partial charge in [0.2, 0.25) is 0 Å². The van der Waals surface area contributed by atoms with Gasteiger partial charge in [0.15, 0.2) is 6.10 Å². The van der Waals surface area contributed by atoms with Gasteiger partial charge >= 0.3 is 0 Å². The molecule has 0 radical (unpaired) electrons. The second-order valence-electron chi connectivity index (χ2n) is 5.50. The third-order valence-corrected chi connectivity index (χ3v) is 3.83. The van der Waals surface area contributed by atoms with Crippen molar-refractivity contribution in [3.05, 3.63) is 24.5 Å². The number of ether oxygens (including phenoxy) is 1. The molecule has 1 aliphatic heterocycles. The number of piperidine rings is 1. The highest BCUT2D eigenvalue weighted by molar-refractivity contribution is 5.85. The third-order valence-electron chi connectivity index (χ3n) is 3.83. The maximum atomic E-state index is 12.5. The Hall–Kier alpha value is -1.04. The van der Waals surface area contributed by atoms with Crippen LogP contribution >= 0.6 is 24.8 Å². The lowest BCUT2D eigenvalue weighted by atomic mass is 9.92. The number of aromatic nitrogens is 1. The van der Waals surface area contributed by atoms with Crippen LogP contribution in [0.25, 0.3) is 0 Å². The van der Waals surface area contributed by atoms with Crippen molar-refractivity contribution >= 4 is 30.7 Å². The summed E-state index contributed by atoms with van der Waals surface area (Å²) in [7, 11) is 0. The van der Waals surface area contributed by atoms with Gasteiger partial charge in [-0.3, -0.25) is 9.78 Å². The maximum absolute atomic E-state index is 12.5. The highest BCUT2D eigenvalue weighted by Gasteiger charge is 2.32. The Kier molecular flexibility index (Phi) is 9.41. The molecule has 0 bridgehead atoms. The lowest BCUT2D eigenvalue weighted by molar-refractivity contribution is -0.142. The predicted molar refractivity (Wildman–Crippen MR) is 91.8 cm³/mol. The van der Waals surface area contributed by atoms with Crippen LogP contribution in [0.15, 0.2) is 24.5 Å². The summed E-state index contributed by atoms with van der Waals surface area (Å²) in [6.45, 7) is 5.26. The summed E-state index contributed by atoms with van der Waals surface area (Å²) in [5.41, 5.74) is 5.80. The molecule has 1 fully saturated rings. The smallest absolute Gasteiger partial charge is 0.263 e. The molecule has 7 heteroatoms. The van der Waals surface area contributed by atoms with Crippen LogP contribution in [0, 0.1) is 5.92 Å². The minimum absolute atomic E-state index is 0. The van der Waals surface area contributed by atoms with Gasteiger partial charge in [0.05, 0.1) is 6.20 Å². The van der Waals surface area contributed by atoms with E-state index in [0.717, 1.165) is 19.4 Å². The largest absolute Gasteiger partial charge is 0.479 e. The molecular weight excluding hydrogens is 325 g/mol. The van der Waals surface area contributed by atoms with E-state index in [1.165, 1.54) is 0 Å². The molecule has 1 aromatic rings. The third kappa shape index (κ3) is 5.30. The summed E-state index contributed by atoms with van der Waals surface area (Å²) in [4.78, 5) is 18.4. The van der Waals surface area contributed by atoms with Crippen LogP contribution in [-0.2, 0) is 4.79 Å². The van der Waals surface area contributed by atoms with Gasteiger partial charge in [-0.15, -0.1) is 24.8 Å². The van der Waals surface area contributed by atoms with Crippen molar-refractivity contribution in [2.75, 3.05) is 13.1 Å². The number of carbonyl (C=O) groups is 1. The van der Waals surface area contributed by atoms with Crippen molar-refractivity contribution in [3.8, 4) is 5.75 Å². The molecular formula is C15H25Cl2N3O2. The molecule has 0 aromatic carbocycles. The average Bonchev–Trinajstić information content (AvgIpc) is 2.47. The van der Waals surface area contributed by atoms with E-state index in [1.807, 2.05) is 4.90 Å². The van der Waals surface area contributed by atoms with Crippen LogP contribution in [-0.4, -0.2) is 41.0 Å². The molecule has 5 nitrogen and oxygen atoms in total. The van der Waals surface area contributed by atoms with E-state index in [2.05, 4.69) is 11.9 Å². The first-order chi connectivity index (χ1) is 9.61. The first-order valence-corrected chi connectivity index (χ1v) is 7.19. The van der Waals surface area contributed by atoms with E-state index in [4.69, 9.17) is 10.5 Å². The van der Waals surface area contributed by atoms with Gasteiger partial charge in [-0.25, -0.2) is 0 Å². The van der Waals surface area contributed by atoms with Crippen molar-refractivity contribution in [2.45, 2.75) is 38.8 Å². The van der Waals surface area contributed by atoms with E-state index < -0.39 is 6.10 Å². The van der Waals surface area contributed by atoms with Crippen LogP contribution in [0.3, 0.4) is 0 Å². The molecule has 0 spiro atoms. The molecule has 1 aliphatic rings. The Morgan fingerprint density at radius 2 is 2.27 bits per heavy atom. The Morgan fingerprint density at radius 1 is 1.55 bits per heavy atom. The molecule has 2 rings (SSSR count). The molecule has 0 saturated carbocycles. The Bertz CT molecular complexity index is 448. The molecule has 1 aromatic heterocycles. The average molecular weight is 350 g/mol. The van der Waals surface area contributed by atoms with Gasteiger partial charge in [0.25, 0.3) is 5.91 Å². The van der Waals surface area contributed by atoms with E-state index in [0.29, 0.717) is 18.2 Å². The molecule has 2 N–H and O–H groups in total. The van der Waals surface area contributed by atoms with Crippen LogP contribution in [0.5, 0.6) is 5.75 Å². The number of amides is 1. The molecule has 2 heterocycles. The van der Waals surface area contributed by atoms with Gasteiger partial charge in [0.1, 0.15) is 5.75 Å². The molecule has 3 unspecified atom stereocenters. The van der Waals surface area contributed by atoms with E-state index in [1.54, 1.807) is 31.5 Å². The topological polar surface area (TPSA) is 68.5 Å². The fraction of sp³-hybridized carbons (Fsp3) is 0.600. The van der Waals surface area contributed by atoms with Gasteiger partial charge in [-0.05, 0) is 37.8 Å². The standard InChI is InChI=1S/C15H23N3O2.2ClH/c1-11-5-7-18(13(8-11)9-16)15(19)12(2)20-14-4-3-6-17-10-14;;/h3-4,6,10-13H,5,7-9,16H2,1-2H3;2*1H. The summed E-state index contributed by atoms with van der Waals surface area (Å²) < 4.78 is 5.65. The number of hydrogen-bond acceptors (Lipinski definition) is 4. The zero-order chi connectivity index (χ0) is 14.5. The van der Waals surface area contributed by atoms with E-state index >= 15 is 0 Å². The number of likely N-dealkylation sites (tertiary alicyclic amines) is 1. The molecule has 1 saturated heterocycles. The highest BCUT2D eigenvalue weighted by Crippen LogP contribution is 2.23. The molecule has 0 aliphatic carbocycles. The monoisotopic (exact) mass is 349 g/mol. The molecule has 126 valence electrons. The first-order valence-electron chi connectivity index (χ1n) is 7.19. The van der Waals surface area contributed by atoms with Crippen molar-refractivity contribution in [3.63, 3.8) is 0 Å². The number of hydrogen-bond donors (Lipinski definition) is 1. The SMILES string of the molecule is CC1CCN(C(=O)C(C)Oc2cccnc2)C(CN)C1.Cl.Cl.